The second-order valence-electron chi connectivity index (χ2n) is 11.4. The minimum atomic E-state index is -0.169. The molecule has 0 aromatic heterocycles. The summed E-state index contributed by atoms with van der Waals surface area (Å²) in [6, 6.07) is 9.76. The van der Waals surface area contributed by atoms with Crippen molar-refractivity contribution in [2.24, 2.45) is 29.1 Å². The standard InChI is InChI=1S/C28H39NO2/c1-17(2)29(4)20-8-5-18(6-9-20)24-16-28(3)25(13-14-26(28)31)23-11-7-19-15-21(30)10-12-22(19)27(23)24/h5-6,8-9,15,17,22-27,31H,7,10-14,16H2,1-4H3. The minimum absolute atomic E-state index is 0.0327. The summed E-state index contributed by atoms with van der Waals surface area (Å²) < 4.78 is 0. The number of hydrogen-bond acceptors (Lipinski definition) is 3. The fraction of sp³-hybridized carbons (Fsp3) is 0.679. The quantitative estimate of drug-likeness (QED) is 0.678. The minimum Gasteiger partial charge on any atom is -0.393 e. The van der Waals surface area contributed by atoms with Crippen LogP contribution in [-0.4, -0.2) is 30.1 Å². The van der Waals surface area contributed by atoms with Crippen molar-refractivity contribution in [3.8, 4) is 0 Å². The van der Waals surface area contributed by atoms with Gasteiger partial charge in [0.15, 0.2) is 5.78 Å². The zero-order chi connectivity index (χ0) is 21.9. The highest BCUT2D eigenvalue weighted by atomic mass is 16.3. The van der Waals surface area contributed by atoms with E-state index in [0.29, 0.717) is 47.8 Å². The van der Waals surface area contributed by atoms with Crippen LogP contribution < -0.4 is 4.90 Å². The Hall–Kier alpha value is -1.61. The summed E-state index contributed by atoms with van der Waals surface area (Å²) in [4.78, 5) is 14.5. The van der Waals surface area contributed by atoms with E-state index < -0.39 is 0 Å². The number of anilines is 1. The molecule has 3 heteroatoms. The number of carbonyl (C=O) groups excluding carboxylic acids is 1. The van der Waals surface area contributed by atoms with Crippen LogP contribution in [0.4, 0.5) is 5.69 Å². The fourth-order valence-electron chi connectivity index (χ4n) is 7.88. The molecule has 0 radical (unpaired) electrons. The van der Waals surface area contributed by atoms with Gasteiger partial charge in [-0.05, 0) is 111 Å². The molecular formula is C28H39NO2. The van der Waals surface area contributed by atoms with E-state index in [4.69, 9.17) is 0 Å². The predicted molar refractivity (Wildman–Crippen MR) is 126 cm³/mol. The lowest BCUT2D eigenvalue weighted by Gasteiger charge is -2.57. The van der Waals surface area contributed by atoms with Gasteiger partial charge in [-0.3, -0.25) is 4.79 Å². The van der Waals surface area contributed by atoms with E-state index in [9.17, 15) is 9.90 Å². The smallest absolute Gasteiger partial charge is 0.155 e. The molecule has 0 amide bonds. The predicted octanol–water partition coefficient (Wildman–Crippen LogP) is 5.73. The van der Waals surface area contributed by atoms with Gasteiger partial charge in [0.2, 0.25) is 0 Å². The van der Waals surface area contributed by atoms with Crippen LogP contribution in [-0.2, 0) is 4.79 Å². The maximum absolute atomic E-state index is 12.1. The van der Waals surface area contributed by atoms with E-state index in [2.05, 4.69) is 57.0 Å². The summed E-state index contributed by atoms with van der Waals surface area (Å²) in [5.74, 6) is 3.29. The first kappa shape index (κ1) is 21.2. The zero-order valence-electron chi connectivity index (χ0n) is 19.7. The molecular weight excluding hydrogens is 382 g/mol. The van der Waals surface area contributed by atoms with Crippen LogP contribution >= 0.6 is 0 Å². The van der Waals surface area contributed by atoms with Crippen molar-refractivity contribution >= 4 is 11.5 Å². The Labute approximate surface area is 187 Å². The molecule has 7 atom stereocenters. The monoisotopic (exact) mass is 421 g/mol. The maximum atomic E-state index is 12.1. The average Bonchev–Trinajstić information content (AvgIpc) is 3.06. The van der Waals surface area contributed by atoms with Gasteiger partial charge in [0.05, 0.1) is 6.10 Å². The SMILES string of the molecule is CC(C)N(C)c1ccc(C2CC3(C)C(O)CCC3C3CCC4=CC(=O)CCC4C23)cc1. The molecule has 3 saturated carbocycles. The second kappa shape index (κ2) is 7.76. The normalized spacial score (nSPS) is 39.5. The van der Waals surface area contributed by atoms with Crippen molar-refractivity contribution in [2.75, 3.05) is 11.9 Å². The van der Waals surface area contributed by atoms with Crippen molar-refractivity contribution < 1.29 is 9.90 Å². The van der Waals surface area contributed by atoms with Gasteiger partial charge in [-0.2, -0.15) is 0 Å². The van der Waals surface area contributed by atoms with Gasteiger partial charge in [-0.15, -0.1) is 0 Å². The topological polar surface area (TPSA) is 40.5 Å². The van der Waals surface area contributed by atoms with Crippen LogP contribution in [0.3, 0.4) is 0 Å². The Balaban J connectivity index is 1.54. The Morgan fingerprint density at radius 1 is 1.03 bits per heavy atom. The molecule has 1 N–H and O–H groups in total. The van der Waals surface area contributed by atoms with E-state index in [1.165, 1.54) is 29.7 Å². The molecule has 168 valence electrons. The van der Waals surface area contributed by atoms with Gasteiger partial charge in [0.25, 0.3) is 0 Å². The summed E-state index contributed by atoms with van der Waals surface area (Å²) in [5, 5.41) is 11.0. The lowest BCUT2D eigenvalue weighted by Crippen LogP contribution is -2.50. The number of rotatable bonds is 3. The Bertz CT molecular complexity index is 872. The third kappa shape index (κ3) is 3.39. The summed E-state index contributed by atoms with van der Waals surface area (Å²) in [6.07, 6.45) is 9.07. The van der Waals surface area contributed by atoms with Crippen molar-refractivity contribution in [3.63, 3.8) is 0 Å². The highest BCUT2D eigenvalue weighted by Gasteiger charge is 2.59. The van der Waals surface area contributed by atoms with Gasteiger partial charge in [0.1, 0.15) is 0 Å². The van der Waals surface area contributed by atoms with Crippen molar-refractivity contribution in [1.82, 2.24) is 0 Å². The van der Waals surface area contributed by atoms with E-state index in [0.717, 1.165) is 25.7 Å². The summed E-state index contributed by atoms with van der Waals surface area (Å²) >= 11 is 0. The van der Waals surface area contributed by atoms with Crippen LogP contribution in [0.25, 0.3) is 0 Å². The number of nitrogens with zero attached hydrogens (tertiary/aromatic N) is 1. The van der Waals surface area contributed by atoms with Crippen LogP contribution in [0.2, 0.25) is 0 Å². The average molecular weight is 422 g/mol. The maximum Gasteiger partial charge on any atom is 0.155 e. The van der Waals surface area contributed by atoms with E-state index in [1.54, 1.807) is 0 Å². The summed E-state index contributed by atoms with van der Waals surface area (Å²) in [7, 11) is 2.16. The highest BCUT2D eigenvalue weighted by molar-refractivity contribution is 5.91. The number of benzene rings is 1. The van der Waals surface area contributed by atoms with Gasteiger partial charge in [0, 0.05) is 25.2 Å². The highest BCUT2D eigenvalue weighted by Crippen LogP contribution is 2.65. The van der Waals surface area contributed by atoms with Crippen LogP contribution in [0, 0.1) is 29.1 Å². The molecule has 31 heavy (non-hydrogen) atoms. The van der Waals surface area contributed by atoms with Crippen molar-refractivity contribution in [3.05, 3.63) is 41.5 Å². The summed E-state index contributed by atoms with van der Waals surface area (Å²) in [6.45, 7) is 6.82. The molecule has 1 aromatic carbocycles. The number of carbonyl (C=O) groups is 1. The van der Waals surface area contributed by atoms with E-state index >= 15 is 0 Å². The van der Waals surface area contributed by atoms with Gasteiger partial charge < -0.3 is 10.0 Å². The largest absolute Gasteiger partial charge is 0.393 e. The Morgan fingerprint density at radius 3 is 2.48 bits per heavy atom. The number of fused-ring (bicyclic) bond motifs is 5. The molecule has 7 unspecified atom stereocenters. The first-order valence-corrected chi connectivity index (χ1v) is 12.5. The molecule has 4 aliphatic rings. The van der Waals surface area contributed by atoms with Gasteiger partial charge in [-0.1, -0.05) is 24.6 Å². The molecule has 0 heterocycles. The molecule has 5 rings (SSSR count). The number of allylic oxidation sites excluding steroid dienone is 1. The first-order valence-electron chi connectivity index (χ1n) is 12.5. The lowest BCUT2D eigenvalue weighted by atomic mass is 9.48. The fourth-order valence-corrected chi connectivity index (χ4v) is 7.88. The molecule has 0 bridgehead atoms. The molecule has 3 nitrogen and oxygen atoms in total. The molecule has 0 spiro atoms. The molecule has 1 aromatic rings. The third-order valence-corrected chi connectivity index (χ3v) is 9.75. The molecule has 4 aliphatic carbocycles. The first-order chi connectivity index (χ1) is 14.8. The lowest BCUT2D eigenvalue weighted by molar-refractivity contribution is -0.116. The van der Waals surface area contributed by atoms with Crippen LogP contribution in [0.15, 0.2) is 35.9 Å². The molecule has 3 fully saturated rings. The molecule has 0 aliphatic heterocycles. The van der Waals surface area contributed by atoms with E-state index in [1.807, 2.05) is 6.08 Å². The number of ketones is 1. The third-order valence-electron chi connectivity index (χ3n) is 9.75. The number of aliphatic hydroxyl groups is 1. The second-order valence-corrected chi connectivity index (χ2v) is 11.4. The number of hydrogen-bond donors (Lipinski definition) is 1. The van der Waals surface area contributed by atoms with Gasteiger partial charge >= 0.3 is 0 Å². The Kier molecular flexibility index (Phi) is 5.32. The Morgan fingerprint density at radius 2 is 1.77 bits per heavy atom. The zero-order valence-corrected chi connectivity index (χ0v) is 19.7. The van der Waals surface area contributed by atoms with Crippen LogP contribution in [0.5, 0.6) is 0 Å². The van der Waals surface area contributed by atoms with Crippen molar-refractivity contribution in [2.45, 2.75) is 83.8 Å². The van der Waals surface area contributed by atoms with Crippen LogP contribution in [0.1, 0.15) is 77.2 Å². The molecule has 0 saturated heterocycles. The number of aliphatic hydroxyl groups excluding tert-OH is 1. The van der Waals surface area contributed by atoms with E-state index in [-0.39, 0.29) is 11.5 Å². The van der Waals surface area contributed by atoms with Gasteiger partial charge in [-0.25, -0.2) is 0 Å². The summed E-state index contributed by atoms with van der Waals surface area (Å²) in [5.41, 5.74) is 4.17. The van der Waals surface area contributed by atoms with Crippen molar-refractivity contribution in [1.29, 1.82) is 0 Å².